The number of hydrogen-bond acceptors (Lipinski definition) is 5. The molecule has 1 rings (SSSR count). The predicted octanol–water partition coefficient (Wildman–Crippen LogP) is 3.79. The van der Waals surface area contributed by atoms with Gasteiger partial charge in [-0.25, -0.2) is 9.59 Å². The van der Waals surface area contributed by atoms with Crippen molar-refractivity contribution < 1.29 is 19.1 Å². The molecule has 0 aromatic heterocycles. The molecular weight excluding hydrogens is 318 g/mol. The number of nitrogens with zero attached hydrogens (tertiary/aromatic N) is 1. The Kier molecular flexibility index (Phi) is 8.73. The molecule has 0 aliphatic heterocycles. The Morgan fingerprint density at radius 1 is 1.32 bits per heavy atom. The highest BCUT2D eigenvalue weighted by atomic mass is 16.6. The van der Waals surface area contributed by atoms with Crippen LogP contribution in [0.5, 0.6) is 0 Å². The van der Waals surface area contributed by atoms with Crippen LogP contribution in [0, 0.1) is 11.3 Å². The first-order valence-electron chi connectivity index (χ1n) is 8.17. The number of nitriles is 1. The minimum Gasteiger partial charge on any atom is -0.459 e. The van der Waals surface area contributed by atoms with Gasteiger partial charge in [-0.15, -0.1) is 0 Å². The fourth-order valence-corrected chi connectivity index (χ4v) is 1.92. The number of benzene rings is 1. The van der Waals surface area contributed by atoms with E-state index in [-0.39, 0.29) is 6.61 Å². The van der Waals surface area contributed by atoms with E-state index in [1.165, 1.54) is 6.08 Å². The normalized spacial score (nSPS) is 11.6. The number of unbranched alkanes of at least 4 members (excludes halogenated alkanes) is 1. The second kappa shape index (κ2) is 10.8. The molecule has 5 heteroatoms. The van der Waals surface area contributed by atoms with Gasteiger partial charge < -0.3 is 9.47 Å². The molecule has 0 aliphatic carbocycles. The number of esters is 2. The molecule has 1 atom stereocenters. The molecule has 132 valence electrons. The van der Waals surface area contributed by atoms with Crippen molar-refractivity contribution in [2.24, 2.45) is 0 Å². The molecule has 0 saturated heterocycles. The third-order valence-corrected chi connectivity index (χ3v) is 3.36. The summed E-state index contributed by atoms with van der Waals surface area (Å²) in [6.45, 7) is 7.16. The van der Waals surface area contributed by atoms with Crippen molar-refractivity contribution >= 4 is 18.0 Å². The highest BCUT2D eigenvalue weighted by Gasteiger charge is 2.16. The van der Waals surface area contributed by atoms with Crippen LogP contribution < -0.4 is 0 Å². The molecule has 0 aliphatic rings. The molecule has 1 aromatic rings. The second-order valence-corrected chi connectivity index (χ2v) is 5.65. The maximum absolute atomic E-state index is 11.8. The van der Waals surface area contributed by atoms with Gasteiger partial charge in [0.2, 0.25) is 0 Å². The van der Waals surface area contributed by atoms with Crippen LogP contribution in [-0.2, 0) is 19.1 Å². The Morgan fingerprint density at radius 2 is 2.00 bits per heavy atom. The molecule has 0 radical (unpaired) electrons. The molecule has 0 heterocycles. The number of rotatable bonds is 9. The quantitative estimate of drug-likeness (QED) is 0.504. The second-order valence-electron chi connectivity index (χ2n) is 5.65. The van der Waals surface area contributed by atoms with E-state index in [1.807, 2.05) is 13.0 Å². The largest absolute Gasteiger partial charge is 0.459 e. The lowest BCUT2D eigenvalue weighted by molar-refractivity contribution is -0.153. The molecule has 1 unspecified atom stereocenters. The molecule has 25 heavy (non-hydrogen) atoms. The van der Waals surface area contributed by atoms with Crippen LogP contribution in [0.15, 0.2) is 42.5 Å². The van der Waals surface area contributed by atoms with Gasteiger partial charge in [0.1, 0.15) is 12.7 Å². The van der Waals surface area contributed by atoms with Crippen LogP contribution in [0.1, 0.15) is 44.2 Å². The van der Waals surface area contributed by atoms with Crippen molar-refractivity contribution in [2.75, 3.05) is 6.61 Å². The van der Waals surface area contributed by atoms with Crippen LogP contribution in [-0.4, -0.2) is 24.6 Å². The first kappa shape index (κ1) is 20.2. The van der Waals surface area contributed by atoms with Gasteiger partial charge in [-0.1, -0.05) is 32.1 Å². The third-order valence-electron chi connectivity index (χ3n) is 3.36. The van der Waals surface area contributed by atoms with Gasteiger partial charge >= 0.3 is 11.9 Å². The molecule has 1 aromatic carbocycles. The highest BCUT2D eigenvalue weighted by molar-refractivity contribution is 5.87. The van der Waals surface area contributed by atoms with Crippen molar-refractivity contribution in [2.45, 2.75) is 39.2 Å². The van der Waals surface area contributed by atoms with E-state index >= 15 is 0 Å². The van der Waals surface area contributed by atoms with Crippen LogP contribution in [0.4, 0.5) is 0 Å². The van der Waals surface area contributed by atoms with Gasteiger partial charge in [-0.05, 0) is 43.5 Å². The van der Waals surface area contributed by atoms with Crippen molar-refractivity contribution in [3.05, 3.63) is 53.6 Å². The Bertz CT molecular complexity index is 668. The monoisotopic (exact) mass is 341 g/mol. The molecular formula is C20H23NO4. The van der Waals surface area contributed by atoms with E-state index in [0.29, 0.717) is 17.6 Å². The van der Waals surface area contributed by atoms with E-state index in [9.17, 15) is 9.59 Å². The molecule has 5 nitrogen and oxygen atoms in total. The van der Waals surface area contributed by atoms with E-state index in [4.69, 9.17) is 14.7 Å². The van der Waals surface area contributed by atoms with Gasteiger partial charge in [0, 0.05) is 11.6 Å². The van der Waals surface area contributed by atoms with Gasteiger partial charge in [0.15, 0.2) is 0 Å². The summed E-state index contributed by atoms with van der Waals surface area (Å²) in [5.41, 5.74) is 1.65. The lowest BCUT2D eigenvalue weighted by atomic mass is 10.1. The third kappa shape index (κ3) is 7.98. The summed E-state index contributed by atoms with van der Waals surface area (Å²) in [5, 5.41) is 8.74. The molecule has 0 fully saturated rings. The lowest BCUT2D eigenvalue weighted by Gasteiger charge is -2.17. The minimum atomic E-state index is -0.516. The van der Waals surface area contributed by atoms with Crippen LogP contribution >= 0.6 is 0 Å². The number of carbonyl (C=O) groups excluding carboxylic acids is 2. The predicted molar refractivity (Wildman–Crippen MR) is 95.4 cm³/mol. The number of ether oxygens (including phenoxy) is 2. The smallest absolute Gasteiger partial charge is 0.333 e. The average Bonchev–Trinajstić information content (AvgIpc) is 2.62. The number of hydrogen-bond donors (Lipinski definition) is 0. The van der Waals surface area contributed by atoms with Gasteiger partial charge in [-0.3, -0.25) is 0 Å². The minimum absolute atomic E-state index is 0.00949. The number of carbonyl (C=O) groups is 2. The Hall–Kier alpha value is -2.87. The van der Waals surface area contributed by atoms with Crippen molar-refractivity contribution in [1.82, 2.24) is 0 Å². The standard InChI is InChI=1S/C20H23NO4/c1-4-5-6-18(25-20(23)15(2)3)14-24-19(22)12-11-16-7-9-17(13-21)10-8-16/h7-12,18H,2,4-6,14H2,1,3H3/b12-11+. The van der Waals surface area contributed by atoms with Gasteiger partial charge in [-0.2, -0.15) is 5.26 Å². The van der Waals surface area contributed by atoms with Gasteiger partial charge in [0.05, 0.1) is 11.6 Å². The maximum Gasteiger partial charge on any atom is 0.333 e. The summed E-state index contributed by atoms with van der Waals surface area (Å²) in [6.07, 6.45) is 4.88. The maximum atomic E-state index is 11.8. The fourth-order valence-electron chi connectivity index (χ4n) is 1.92. The van der Waals surface area contributed by atoms with Crippen LogP contribution in [0.25, 0.3) is 6.08 Å². The van der Waals surface area contributed by atoms with Gasteiger partial charge in [0.25, 0.3) is 0 Å². The SMILES string of the molecule is C=C(C)C(=O)OC(CCCC)COC(=O)/C=C/c1ccc(C#N)cc1. The first-order chi connectivity index (χ1) is 12.0. The highest BCUT2D eigenvalue weighted by Crippen LogP contribution is 2.09. The Balaban J connectivity index is 2.54. The summed E-state index contributed by atoms with van der Waals surface area (Å²) in [6, 6.07) is 8.84. The Morgan fingerprint density at radius 3 is 2.56 bits per heavy atom. The summed E-state index contributed by atoms with van der Waals surface area (Å²) >= 11 is 0. The van der Waals surface area contributed by atoms with Crippen LogP contribution in [0.3, 0.4) is 0 Å². The molecule has 0 N–H and O–H groups in total. The zero-order valence-corrected chi connectivity index (χ0v) is 14.7. The van der Waals surface area contributed by atoms with Crippen LogP contribution in [0.2, 0.25) is 0 Å². The molecule has 0 saturated carbocycles. The summed E-state index contributed by atoms with van der Waals surface area (Å²) in [5.74, 6) is -0.998. The zero-order valence-electron chi connectivity index (χ0n) is 14.7. The summed E-state index contributed by atoms with van der Waals surface area (Å²) in [4.78, 5) is 23.4. The topological polar surface area (TPSA) is 76.4 Å². The molecule has 0 amide bonds. The van der Waals surface area contributed by atoms with E-state index in [0.717, 1.165) is 18.4 Å². The molecule has 0 bridgehead atoms. The molecule has 0 spiro atoms. The van der Waals surface area contributed by atoms with Crippen molar-refractivity contribution in [3.63, 3.8) is 0 Å². The fraction of sp³-hybridized carbons (Fsp3) is 0.350. The van der Waals surface area contributed by atoms with Crippen molar-refractivity contribution in [3.8, 4) is 6.07 Å². The first-order valence-corrected chi connectivity index (χ1v) is 8.17. The average molecular weight is 341 g/mol. The van der Waals surface area contributed by atoms with E-state index < -0.39 is 18.0 Å². The van der Waals surface area contributed by atoms with Crippen molar-refractivity contribution in [1.29, 1.82) is 5.26 Å². The summed E-state index contributed by atoms with van der Waals surface area (Å²) < 4.78 is 10.4. The zero-order chi connectivity index (χ0) is 18.7. The lowest BCUT2D eigenvalue weighted by Crippen LogP contribution is -2.25. The van der Waals surface area contributed by atoms with E-state index in [1.54, 1.807) is 37.3 Å². The Labute approximate surface area is 148 Å². The van der Waals surface area contributed by atoms with E-state index in [2.05, 4.69) is 6.58 Å². The summed E-state index contributed by atoms with van der Waals surface area (Å²) in [7, 11) is 0.